The molecule has 0 bridgehead atoms. The molecule has 2 N–H and O–H groups in total. The van der Waals surface area contributed by atoms with Crippen molar-refractivity contribution in [2.45, 2.75) is 47.1 Å². The van der Waals surface area contributed by atoms with Crippen molar-refractivity contribution in [3.8, 4) is 0 Å². The van der Waals surface area contributed by atoms with Crippen LogP contribution in [0.4, 0.5) is 17.3 Å². The summed E-state index contributed by atoms with van der Waals surface area (Å²) in [6.07, 6.45) is 4.00. The molecule has 1 aromatic carbocycles. The monoisotopic (exact) mass is 429 g/mol. The van der Waals surface area contributed by atoms with Gasteiger partial charge in [0.1, 0.15) is 6.21 Å². The Balaban J connectivity index is 1.44. The highest BCUT2D eigenvalue weighted by Crippen LogP contribution is 2.27. The van der Waals surface area contributed by atoms with Crippen molar-refractivity contribution < 1.29 is 9.37 Å². The molecule has 7 heteroatoms. The third-order valence-electron chi connectivity index (χ3n) is 5.82. The summed E-state index contributed by atoms with van der Waals surface area (Å²) in [4.78, 5) is 26.2. The van der Waals surface area contributed by atoms with E-state index in [1.165, 1.54) is 0 Å². The maximum atomic E-state index is 12.6. The van der Waals surface area contributed by atoms with E-state index >= 15 is 0 Å². The van der Waals surface area contributed by atoms with Gasteiger partial charge in [-0.15, -0.1) is 0 Å². The van der Waals surface area contributed by atoms with Crippen LogP contribution >= 0.6 is 0 Å². The molecule has 0 saturated heterocycles. The van der Waals surface area contributed by atoms with Crippen LogP contribution in [-0.2, 0) is 11.2 Å². The van der Waals surface area contributed by atoms with E-state index in [1.54, 1.807) is 6.20 Å². The lowest BCUT2D eigenvalue weighted by molar-refractivity contribution is -0.447. The lowest BCUT2D eigenvalue weighted by atomic mass is 10.0. The molecule has 0 radical (unpaired) electrons. The zero-order valence-electron chi connectivity index (χ0n) is 19.2. The van der Waals surface area contributed by atoms with Gasteiger partial charge in [-0.2, -0.15) is 0 Å². The first kappa shape index (κ1) is 21.6. The number of rotatable bonds is 7. The first-order valence-electron chi connectivity index (χ1n) is 10.9. The number of fused-ring (bicyclic) bond motifs is 1. The Morgan fingerprint density at radius 2 is 1.88 bits per heavy atom. The molecule has 1 aliphatic rings. The van der Waals surface area contributed by atoms with Gasteiger partial charge >= 0.3 is 5.82 Å². The van der Waals surface area contributed by atoms with Crippen molar-refractivity contribution in [1.29, 1.82) is 0 Å². The number of hydrogen-bond acceptors (Lipinski definition) is 5. The number of amides is 1. The standard InChI is InChI=1S/C25H28N6O/c1-6-31-14-22-25(31)30-23(13-26-22)28-18(5)21-11-19(10-8-16(21)3)29-24(32)12-20-9-7-15(2)17(4)27-20/h7-11,13-14,18H,6,12H2,1-5H3,(H,29,32)/p+1. The van der Waals surface area contributed by atoms with E-state index in [9.17, 15) is 4.79 Å². The number of hydrogen-bond donors (Lipinski definition) is 2. The molecule has 1 amide bonds. The summed E-state index contributed by atoms with van der Waals surface area (Å²) in [6, 6.07) is 9.87. The van der Waals surface area contributed by atoms with Gasteiger partial charge in [-0.1, -0.05) is 12.1 Å². The second-order valence-corrected chi connectivity index (χ2v) is 8.25. The molecule has 3 aromatic rings. The molecule has 7 nitrogen and oxygen atoms in total. The Morgan fingerprint density at radius 3 is 2.62 bits per heavy atom. The molecule has 0 saturated carbocycles. The van der Waals surface area contributed by atoms with Crippen LogP contribution in [0.5, 0.6) is 0 Å². The molecule has 3 heterocycles. The zero-order chi connectivity index (χ0) is 22.8. The molecule has 1 aliphatic heterocycles. The molecule has 32 heavy (non-hydrogen) atoms. The van der Waals surface area contributed by atoms with Crippen LogP contribution in [-0.4, -0.2) is 38.2 Å². The quantitative estimate of drug-likeness (QED) is 0.549. The van der Waals surface area contributed by atoms with E-state index in [0.717, 1.165) is 57.6 Å². The van der Waals surface area contributed by atoms with Crippen molar-refractivity contribution in [3.63, 3.8) is 0 Å². The number of aromatic nitrogens is 3. The fourth-order valence-electron chi connectivity index (χ4n) is 3.78. The molecule has 2 aromatic heterocycles. The van der Waals surface area contributed by atoms with Gasteiger partial charge < -0.3 is 10.6 Å². The lowest BCUT2D eigenvalue weighted by Gasteiger charge is -2.18. The van der Waals surface area contributed by atoms with Crippen LogP contribution in [0, 0.1) is 20.8 Å². The first-order chi connectivity index (χ1) is 15.3. The van der Waals surface area contributed by atoms with Gasteiger partial charge in [-0.3, -0.25) is 9.78 Å². The minimum Gasteiger partial charge on any atom is -0.341 e. The predicted octanol–water partition coefficient (Wildman–Crippen LogP) is 4.25. The fraction of sp³-hybridized carbons (Fsp3) is 0.320. The Bertz CT molecular complexity index is 1220. The lowest BCUT2D eigenvalue weighted by Crippen LogP contribution is -2.22. The van der Waals surface area contributed by atoms with Crippen molar-refractivity contribution in [1.82, 2.24) is 15.0 Å². The van der Waals surface area contributed by atoms with Gasteiger partial charge in [0.05, 0.1) is 25.2 Å². The molecular weight excluding hydrogens is 400 g/mol. The van der Waals surface area contributed by atoms with Crippen molar-refractivity contribution in [3.05, 3.63) is 70.3 Å². The highest BCUT2D eigenvalue weighted by atomic mass is 16.1. The summed E-state index contributed by atoms with van der Waals surface area (Å²) in [5.41, 5.74) is 6.76. The minimum atomic E-state index is -0.0830. The number of carbonyl (C=O) groups is 1. The summed E-state index contributed by atoms with van der Waals surface area (Å²) in [5, 5.41) is 6.45. The maximum Gasteiger partial charge on any atom is 0.355 e. The molecule has 0 aliphatic carbocycles. The average molecular weight is 430 g/mol. The number of carbonyl (C=O) groups excluding carboxylic acids is 1. The highest BCUT2D eigenvalue weighted by molar-refractivity contribution is 5.92. The van der Waals surface area contributed by atoms with Crippen LogP contribution < -0.4 is 10.6 Å². The summed E-state index contributed by atoms with van der Waals surface area (Å²) < 4.78 is 2.07. The van der Waals surface area contributed by atoms with Gasteiger partial charge in [0, 0.05) is 17.1 Å². The van der Waals surface area contributed by atoms with Crippen LogP contribution in [0.15, 0.2) is 36.5 Å². The topological polar surface area (TPSA) is 82.8 Å². The van der Waals surface area contributed by atoms with E-state index in [4.69, 9.17) is 0 Å². The molecule has 4 rings (SSSR count). The minimum absolute atomic E-state index is 0.000232. The fourth-order valence-corrected chi connectivity index (χ4v) is 3.78. The van der Waals surface area contributed by atoms with E-state index in [2.05, 4.69) is 50.9 Å². The Morgan fingerprint density at radius 1 is 1.09 bits per heavy atom. The average Bonchev–Trinajstić information content (AvgIpc) is 2.74. The Labute approximate surface area is 188 Å². The molecule has 0 spiro atoms. The second kappa shape index (κ2) is 8.86. The first-order valence-corrected chi connectivity index (χ1v) is 10.9. The van der Waals surface area contributed by atoms with Crippen LogP contribution in [0.1, 0.15) is 53.7 Å². The summed E-state index contributed by atoms with van der Waals surface area (Å²) in [7, 11) is 0. The number of benzene rings is 1. The van der Waals surface area contributed by atoms with Gasteiger partial charge in [-0.05, 0) is 74.5 Å². The third-order valence-corrected chi connectivity index (χ3v) is 5.82. The van der Waals surface area contributed by atoms with E-state index in [1.807, 2.05) is 50.4 Å². The van der Waals surface area contributed by atoms with E-state index in [0.29, 0.717) is 0 Å². The van der Waals surface area contributed by atoms with Crippen LogP contribution in [0.3, 0.4) is 0 Å². The summed E-state index contributed by atoms with van der Waals surface area (Å²) in [6.45, 7) is 11.1. The van der Waals surface area contributed by atoms with Gasteiger partial charge in [0.25, 0.3) is 5.82 Å². The summed E-state index contributed by atoms with van der Waals surface area (Å²) >= 11 is 0. The SMILES string of the molecule is CC[N+]1=Cc2ncc(NC(C)c3cc(NC(=O)Cc4ccc(C)c(C)n4)ccc3C)nc21. The third kappa shape index (κ3) is 4.51. The van der Waals surface area contributed by atoms with Crippen LogP contribution in [0.2, 0.25) is 0 Å². The van der Waals surface area contributed by atoms with Crippen molar-refractivity contribution >= 4 is 29.4 Å². The predicted molar refractivity (Wildman–Crippen MR) is 127 cm³/mol. The zero-order valence-corrected chi connectivity index (χ0v) is 19.2. The smallest absolute Gasteiger partial charge is 0.341 e. The Kier molecular flexibility index (Phi) is 5.99. The summed E-state index contributed by atoms with van der Waals surface area (Å²) in [5.74, 6) is 1.56. The van der Waals surface area contributed by atoms with E-state index < -0.39 is 0 Å². The molecule has 1 unspecified atom stereocenters. The van der Waals surface area contributed by atoms with Gasteiger partial charge in [0.2, 0.25) is 5.91 Å². The van der Waals surface area contributed by atoms with Gasteiger partial charge in [0.15, 0.2) is 5.69 Å². The number of aryl methyl sites for hydroxylation is 3. The van der Waals surface area contributed by atoms with Crippen molar-refractivity contribution in [2.75, 3.05) is 17.2 Å². The number of nitrogens with zero attached hydrogens (tertiary/aromatic N) is 4. The molecular formula is C25H29N6O+. The van der Waals surface area contributed by atoms with Crippen molar-refractivity contribution in [2.24, 2.45) is 0 Å². The maximum absolute atomic E-state index is 12.6. The number of nitrogens with one attached hydrogen (secondary N) is 2. The second-order valence-electron chi connectivity index (χ2n) is 8.25. The number of pyridine rings is 1. The molecule has 164 valence electrons. The molecule has 0 fully saturated rings. The normalized spacial score (nSPS) is 13.0. The van der Waals surface area contributed by atoms with Gasteiger partial charge in [-0.25, -0.2) is 9.56 Å². The largest absolute Gasteiger partial charge is 0.355 e. The number of anilines is 2. The van der Waals surface area contributed by atoms with Crippen LogP contribution in [0.25, 0.3) is 0 Å². The highest BCUT2D eigenvalue weighted by Gasteiger charge is 2.28. The van der Waals surface area contributed by atoms with E-state index in [-0.39, 0.29) is 18.4 Å². The Hall–Kier alpha value is -3.61. The molecule has 1 atom stereocenters.